The molecule has 7 aromatic rings. The molecule has 0 radical (unpaired) electrons. The van der Waals surface area contributed by atoms with Crippen LogP contribution >= 0.6 is 0 Å². The van der Waals surface area contributed by atoms with Gasteiger partial charge in [0.15, 0.2) is 22.3 Å². The van der Waals surface area contributed by atoms with Gasteiger partial charge in [0.25, 0.3) is 5.82 Å². The summed E-state index contributed by atoms with van der Waals surface area (Å²) >= 11 is 0. The third-order valence-corrected chi connectivity index (χ3v) is 15.3. The number of fused-ring (bicyclic) bond motifs is 12. The van der Waals surface area contributed by atoms with Gasteiger partial charge in [0.1, 0.15) is 23.2 Å². The van der Waals surface area contributed by atoms with Crippen LogP contribution in [0.15, 0.2) is 139 Å². The maximum Gasteiger partial charge on any atom is 0.299 e. The molecule has 5 heteroatoms. The van der Waals surface area contributed by atoms with Crippen LogP contribution in [0.1, 0.15) is 60.9 Å². The zero-order chi connectivity index (χ0) is 40.7. The van der Waals surface area contributed by atoms with Crippen LogP contribution in [0.4, 0.5) is 0 Å². The highest BCUT2D eigenvalue weighted by Crippen LogP contribution is 2.48. The summed E-state index contributed by atoms with van der Waals surface area (Å²) in [5.41, 5.74) is 14.4. The quantitative estimate of drug-likeness (QED) is 0.111. The average Bonchev–Trinajstić information content (AvgIpc) is 3.77. The minimum absolute atomic E-state index is 0.00647. The minimum atomic E-state index is -1.43. The van der Waals surface area contributed by atoms with Crippen LogP contribution in [0.5, 0.6) is 0 Å². The van der Waals surface area contributed by atoms with Gasteiger partial charge in [0, 0.05) is 34.4 Å². The number of benzene rings is 5. The standard InChI is InChI=1S/C53H57N3OSi/c1-11-45-41-22-16-15-21-40(41)43-29-26-39-27-30-44-42-28-25-35(4)33-48(42)57-51(44)49(39)52-55(37(6)50(43)54(45)31-32-58(8,9)10)46-23-17-18-24-47(46)56(52)53(7,34(2)3)36(5)38-19-13-12-14-20-38/h11-25,27-28,30,33-34,43,50H,1,5-6,26,29,31-32H2,2-4,7-10H3/q+2. The third-order valence-electron chi connectivity index (χ3n) is 13.5. The van der Waals surface area contributed by atoms with E-state index in [1.165, 1.54) is 34.0 Å². The molecule has 3 unspecified atom stereocenters. The summed E-state index contributed by atoms with van der Waals surface area (Å²) in [7, 11) is -1.43. The van der Waals surface area contributed by atoms with Crippen LogP contribution in [0.25, 0.3) is 55.6 Å². The van der Waals surface area contributed by atoms with Gasteiger partial charge in [-0.05, 0) is 85.4 Å². The Labute approximate surface area is 345 Å². The zero-order valence-corrected chi connectivity index (χ0v) is 36.4. The Hall–Kier alpha value is -5.52. The van der Waals surface area contributed by atoms with Gasteiger partial charge >= 0.3 is 0 Å². The van der Waals surface area contributed by atoms with Crippen molar-refractivity contribution in [1.82, 2.24) is 4.57 Å². The second kappa shape index (κ2) is 14.1. The van der Waals surface area contributed by atoms with Crippen molar-refractivity contribution in [1.29, 1.82) is 0 Å². The van der Waals surface area contributed by atoms with E-state index in [2.05, 4.69) is 183 Å². The number of aryl methyl sites for hydroxylation is 2. The van der Waals surface area contributed by atoms with Crippen molar-refractivity contribution in [2.45, 2.75) is 83.7 Å². The fourth-order valence-electron chi connectivity index (χ4n) is 10.1. The van der Waals surface area contributed by atoms with Crippen LogP contribution < -0.4 is 4.57 Å². The van der Waals surface area contributed by atoms with Crippen molar-refractivity contribution in [2.75, 3.05) is 6.54 Å². The van der Waals surface area contributed by atoms with E-state index in [1.54, 1.807) is 0 Å². The summed E-state index contributed by atoms with van der Waals surface area (Å²) < 4.78 is 15.0. The van der Waals surface area contributed by atoms with E-state index in [0.29, 0.717) is 0 Å². The van der Waals surface area contributed by atoms with Gasteiger partial charge in [0.05, 0.1) is 14.0 Å². The van der Waals surface area contributed by atoms with Crippen LogP contribution in [-0.2, 0) is 12.0 Å². The molecule has 0 spiro atoms. The molecule has 0 aliphatic carbocycles. The smallest absolute Gasteiger partial charge is 0.299 e. The van der Waals surface area contributed by atoms with E-state index in [4.69, 9.17) is 17.6 Å². The lowest BCUT2D eigenvalue weighted by Gasteiger charge is -2.35. The largest absolute Gasteiger partial charge is 0.455 e. The van der Waals surface area contributed by atoms with E-state index in [1.807, 2.05) is 0 Å². The normalized spacial score (nSPS) is 18.0. The molecule has 0 saturated heterocycles. The van der Waals surface area contributed by atoms with Gasteiger partial charge in [-0.25, -0.2) is 9.14 Å². The molecule has 292 valence electrons. The summed E-state index contributed by atoms with van der Waals surface area (Å²) in [5.74, 6) is 1.47. The predicted molar refractivity (Wildman–Crippen MR) is 248 cm³/mol. The fraction of sp³-hybridized carbons (Fsp3) is 0.283. The molecular weight excluding hydrogens is 723 g/mol. The maximum absolute atomic E-state index is 7.13. The average molecular weight is 780 g/mol. The van der Waals surface area contributed by atoms with Gasteiger partial charge in [-0.2, -0.15) is 4.57 Å². The van der Waals surface area contributed by atoms with Crippen molar-refractivity contribution >= 4 is 58.0 Å². The van der Waals surface area contributed by atoms with E-state index < -0.39 is 13.6 Å². The van der Waals surface area contributed by atoms with Crippen molar-refractivity contribution in [2.24, 2.45) is 5.92 Å². The monoisotopic (exact) mass is 779 g/mol. The lowest BCUT2D eigenvalue weighted by atomic mass is 9.77. The topological polar surface area (TPSA) is 25.0 Å². The van der Waals surface area contributed by atoms with Crippen LogP contribution in [0.3, 0.4) is 0 Å². The summed E-state index contributed by atoms with van der Waals surface area (Å²) in [5, 5.41) is 2.28. The number of allylic oxidation sites excluding steroid dienone is 2. The Morgan fingerprint density at radius 1 is 0.931 bits per heavy atom. The Balaban J connectivity index is 1.45. The Kier molecular flexibility index (Phi) is 9.24. The summed E-state index contributed by atoms with van der Waals surface area (Å²) in [6.07, 6.45) is 3.95. The fourth-order valence-corrected chi connectivity index (χ4v) is 11.0. The third kappa shape index (κ3) is 5.84. The molecule has 5 aromatic carbocycles. The first-order valence-corrected chi connectivity index (χ1v) is 24.8. The minimum Gasteiger partial charge on any atom is -0.455 e. The number of aromatic nitrogens is 2. The van der Waals surface area contributed by atoms with E-state index in [-0.39, 0.29) is 17.9 Å². The van der Waals surface area contributed by atoms with Gasteiger partial charge < -0.3 is 4.42 Å². The number of furan rings is 1. The number of para-hydroxylation sites is 2. The summed E-state index contributed by atoms with van der Waals surface area (Å²) in [4.78, 5) is 0. The van der Waals surface area contributed by atoms with E-state index in [0.717, 1.165) is 80.6 Å². The SMILES string of the molecule is C=CC1=[N+](CC[Si](C)(C)C)C2C(=C)n3c([n+](C(C)(C(=C)c4ccccc4)C(C)C)c4ccccc43)-c3c(ccc4c3oc3cc(C)ccc34)CCC2c2ccccc21. The maximum atomic E-state index is 7.13. The van der Waals surface area contributed by atoms with E-state index in [9.17, 15) is 0 Å². The molecule has 2 aliphatic heterocycles. The Bertz CT molecular complexity index is 2840. The highest BCUT2D eigenvalue weighted by Gasteiger charge is 2.51. The molecule has 4 heterocycles. The van der Waals surface area contributed by atoms with E-state index >= 15 is 0 Å². The lowest BCUT2D eigenvalue weighted by molar-refractivity contribution is -0.719. The Morgan fingerprint density at radius 2 is 1.64 bits per heavy atom. The van der Waals surface area contributed by atoms with Crippen LogP contribution in [0.2, 0.25) is 25.7 Å². The number of imidazole rings is 1. The highest BCUT2D eigenvalue weighted by molar-refractivity contribution is 6.76. The van der Waals surface area contributed by atoms with Crippen molar-refractivity contribution in [3.05, 3.63) is 163 Å². The molecule has 0 saturated carbocycles. The zero-order valence-electron chi connectivity index (χ0n) is 35.4. The number of nitrogens with zero attached hydrogens (tertiary/aromatic N) is 3. The number of rotatable bonds is 8. The first-order valence-electron chi connectivity index (χ1n) is 21.1. The molecule has 2 aliphatic rings. The molecule has 4 nitrogen and oxygen atoms in total. The lowest BCUT2D eigenvalue weighted by Crippen LogP contribution is -2.59. The second-order valence-electron chi connectivity index (χ2n) is 18.5. The first kappa shape index (κ1) is 38.0. The van der Waals surface area contributed by atoms with Crippen molar-refractivity contribution in [3.8, 4) is 11.4 Å². The molecule has 9 rings (SSSR count). The first-order chi connectivity index (χ1) is 27.8. The van der Waals surface area contributed by atoms with Crippen molar-refractivity contribution < 1.29 is 13.6 Å². The summed E-state index contributed by atoms with van der Waals surface area (Å²) in [6.45, 7) is 32.3. The van der Waals surface area contributed by atoms with Gasteiger partial charge in [-0.3, -0.25) is 0 Å². The molecule has 0 fully saturated rings. The molecular formula is C53H57N3OSi+2. The van der Waals surface area contributed by atoms with Crippen molar-refractivity contribution in [3.63, 3.8) is 0 Å². The molecule has 58 heavy (non-hydrogen) atoms. The molecule has 0 N–H and O–H groups in total. The Morgan fingerprint density at radius 3 is 2.38 bits per heavy atom. The molecule has 0 amide bonds. The van der Waals surface area contributed by atoms with Crippen LogP contribution in [-0.4, -0.2) is 35.5 Å². The molecule has 3 atom stereocenters. The number of hydrogen-bond donors (Lipinski definition) is 0. The molecule has 2 aromatic heterocycles. The van der Waals surface area contributed by atoms with Gasteiger partial charge in [0.2, 0.25) is 11.8 Å². The van der Waals surface area contributed by atoms with Crippen LogP contribution in [0, 0.1) is 12.8 Å². The highest BCUT2D eigenvalue weighted by atomic mass is 28.3. The second-order valence-corrected chi connectivity index (χ2v) is 24.1. The van der Waals surface area contributed by atoms with Gasteiger partial charge in [-0.15, -0.1) is 0 Å². The summed E-state index contributed by atoms with van der Waals surface area (Å²) in [6, 6.07) is 41.2. The molecule has 0 bridgehead atoms. The number of hydrogen-bond acceptors (Lipinski definition) is 1. The predicted octanol–water partition coefficient (Wildman–Crippen LogP) is 12.8. The van der Waals surface area contributed by atoms with Gasteiger partial charge in [-0.1, -0.05) is 132 Å².